The Bertz CT molecular complexity index is 904. The van der Waals surface area contributed by atoms with E-state index in [1.807, 2.05) is 42.5 Å². The molecule has 0 bridgehead atoms. The van der Waals surface area contributed by atoms with E-state index in [0.717, 1.165) is 48.5 Å². The van der Waals surface area contributed by atoms with Crippen LogP contribution in [0.2, 0.25) is 5.02 Å². The Balaban J connectivity index is 1.44. The maximum absolute atomic E-state index is 10.6. The molecule has 0 spiro atoms. The molecular formula is C22H25ClN2O3. The molecule has 1 aromatic heterocycles. The zero-order valence-corrected chi connectivity index (χ0v) is 16.5. The van der Waals surface area contributed by atoms with Crippen LogP contribution in [0.3, 0.4) is 0 Å². The van der Waals surface area contributed by atoms with Crippen LogP contribution in [0.1, 0.15) is 30.1 Å². The van der Waals surface area contributed by atoms with Crippen molar-refractivity contribution < 1.29 is 14.6 Å². The smallest absolute Gasteiger partial charge is 0.113 e. The third kappa shape index (κ3) is 4.55. The summed E-state index contributed by atoms with van der Waals surface area (Å²) in [5, 5.41) is 11.3. The molecule has 0 radical (unpaired) electrons. The van der Waals surface area contributed by atoms with Gasteiger partial charge in [0.1, 0.15) is 5.82 Å². The Hall–Kier alpha value is -1.92. The Kier molecular flexibility index (Phi) is 6.27. The van der Waals surface area contributed by atoms with Crippen molar-refractivity contribution in [3.8, 4) is 0 Å². The summed E-state index contributed by atoms with van der Waals surface area (Å²) in [7, 11) is 0. The molecule has 4 rings (SSSR count). The van der Waals surface area contributed by atoms with E-state index in [2.05, 4.69) is 10.6 Å². The van der Waals surface area contributed by atoms with Crippen molar-refractivity contribution in [2.45, 2.75) is 38.0 Å². The van der Waals surface area contributed by atoms with Gasteiger partial charge in [0.25, 0.3) is 0 Å². The third-order valence-electron chi connectivity index (χ3n) is 5.16. The van der Waals surface area contributed by atoms with E-state index in [0.29, 0.717) is 24.1 Å². The molecule has 0 aliphatic carbocycles. The minimum atomic E-state index is -0.608. The molecule has 6 heteroatoms. The van der Waals surface area contributed by atoms with E-state index in [1.54, 1.807) is 0 Å². The molecule has 28 heavy (non-hydrogen) atoms. The van der Waals surface area contributed by atoms with Crippen molar-refractivity contribution in [2.24, 2.45) is 0 Å². The van der Waals surface area contributed by atoms with Crippen molar-refractivity contribution >= 4 is 22.6 Å². The van der Waals surface area contributed by atoms with E-state index >= 15 is 0 Å². The second kappa shape index (κ2) is 9.05. The van der Waals surface area contributed by atoms with Gasteiger partial charge in [0.15, 0.2) is 0 Å². The summed E-state index contributed by atoms with van der Waals surface area (Å²) in [6, 6.07) is 15.6. The maximum atomic E-state index is 10.6. The van der Waals surface area contributed by atoms with Gasteiger partial charge in [-0.25, -0.2) is 4.98 Å². The van der Waals surface area contributed by atoms with Gasteiger partial charge in [-0.3, -0.25) is 0 Å². The number of para-hydroxylation sites is 2. The van der Waals surface area contributed by atoms with E-state index in [4.69, 9.17) is 26.1 Å². The Morgan fingerprint density at radius 2 is 1.89 bits per heavy atom. The highest BCUT2D eigenvalue weighted by Crippen LogP contribution is 2.29. The third-order valence-corrected chi connectivity index (χ3v) is 5.41. The average Bonchev–Trinajstić information content (AvgIpc) is 3.09. The van der Waals surface area contributed by atoms with Crippen molar-refractivity contribution in [1.29, 1.82) is 0 Å². The monoisotopic (exact) mass is 400 g/mol. The van der Waals surface area contributed by atoms with Gasteiger partial charge in [-0.15, -0.1) is 0 Å². The fourth-order valence-electron chi connectivity index (χ4n) is 3.71. The van der Waals surface area contributed by atoms with Gasteiger partial charge in [-0.05, 0) is 42.7 Å². The minimum absolute atomic E-state index is 0.266. The number of rotatable bonds is 7. The zero-order chi connectivity index (χ0) is 19.3. The summed E-state index contributed by atoms with van der Waals surface area (Å²) in [4.78, 5) is 4.87. The van der Waals surface area contributed by atoms with Crippen molar-refractivity contribution in [2.75, 3.05) is 19.8 Å². The number of fused-ring (bicyclic) bond motifs is 1. The Morgan fingerprint density at radius 1 is 1.14 bits per heavy atom. The van der Waals surface area contributed by atoms with Crippen LogP contribution in [0.4, 0.5) is 0 Å². The number of nitrogens with zero attached hydrogens (tertiary/aromatic N) is 2. The van der Waals surface area contributed by atoms with Gasteiger partial charge in [0.05, 0.1) is 36.9 Å². The topological polar surface area (TPSA) is 56.5 Å². The molecule has 3 aromatic rings. The van der Waals surface area contributed by atoms with Crippen molar-refractivity contribution in [3.05, 3.63) is 64.9 Å². The molecule has 0 saturated carbocycles. The summed E-state index contributed by atoms with van der Waals surface area (Å²) < 4.78 is 13.4. The lowest BCUT2D eigenvalue weighted by molar-refractivity contribution is 0.0199. The highest BCUT2D eigenvalue weighted by Gasteiger charge is 2.23. The number of hydrogen-bond donors (Lipinski definition) is 1. The van der Waals surface area contributed by atoms with Crippen LogP contribution in [0.15, 0.2) is 48.5 Å². The lowest BCUT2D eigenvalue weighted by Gasteiger charge is -2.23. The molecule has 1 N–H and O–H groups in total. The minimum Gasteiger partial charge on any atom is -0.389 e. The molecule has 2 aromatic carbocycles. The summed E-state index contributed by atoms with van der Waals surface area (Å²) in [5.74, 6) is 1.41. The molecule has 1 unspecified atom stereocenters. The molecule has 1 aliphatic heterocycles. The number of aromatic nitrogens is 2. The van der Waals surface area contributed by atoms with Gasteiger partial charge in [-0.1, -0.05) is 35.9 Å². The Morgan fingerprint density at radius 3 is 2.68 bits per heavy atom. The second-order valence-corrected chi connectivity index (χ2v) is 7.69. The van der Waals surface area contributed by atoms with Gasteiger partial charge in [0.2, 0.25) is 0 Å². The average molecular weight is 401 g/mol. The predicted octanol–water partition coefficient (Wildman–Crippen LogP) is 4.16. The molecule has 148 valence electrons. The lowest BCUT2D eigenvalue weighted by atomic mass is 9.99. The zero-order valence-electron chi connectivity index (χ0n) is 15.8. The molecule has 1 aliphatic rings. The number of imidazole rings is 1. The summed E-state index contributed by atoms with van der Waals surface area (Å²) in [6.45, 7) is 2.71. The second-order valence-electron chi connectivity index (χ2n) is 7.25. The largest absolute Gasteiger partial charge is 0.389 e. The molecule has 1 saturated heterocycles. The summed E-state index contributed by atoms with van der Waals surface area (Å²) in [5.41, 5.74) is 3.06. The molecule has 5 nitrogen and oxygen atoms in total. The highest BCUT2D eigenvalue weighted by molar-refractivity contribution is 6.30. The first-order chi connectivity index (χ1) is 13.7. The van der Waals surface area contributed by atoms with Crippen LogP contribution in [0, 0.1) is 0 Å². The summed E-state index contributed by atoms with van der Waals surface area (Å²) >= 11 is 5.90. The van der Waals surface area contributed by atoms with Gasteiger partial charge in [-0.2, -0.15) is 0 Å². The van der Waals surface area contributed by atoms with Crippen molar-refractivity contribution in [3.63, 3.8) is 0 Å². The first kappa shape index (κ1) is 19.4. The normalized spacial score (nSPS) is 16.5. The molecule has 1 fully saturated rings. The predicted molar refractivity (Wildman–Crippen MR) is 110 cm³/mol. The fraction of sp³-hybridized carbons (Fsp3) is 0.409. The summed E-state index contributed by atoms with van der Waals surface area (Å²) in [6.07, 6.45) is 1.32. The van der Waals surface area contributed by atoms with E-state index in [9.17, 15) is 5.11 Å². The lowest BCUT2D eigenvalue weighted by Crippen LogP contribution is -2.25. The quantitative estimate of drug-likeness (QED) is 0.647. The first-order valence-electron chi connectivity index (χ1n) is 9.74. The van der Waals surface area contributed by atoms with E-state index < -0.39 is 6.10 Å². The highest BCUT2D eigenvalue weighted by atomic mass is 35.5. The van der Waals surface area contributed by atoms with E-state index in [-0.39, 0.29) is 6.61 Å². The van der Waals surface area contributed by atoms with Gasteiger partial charge >= 0.3 is 0 Å². The molecule has 2 heterocycles. The number of benzene rings is 2. The molecule has 1 atom stereocenters. The van der Waals surface area contributed by atoms with E-state index in [1.165, 1.54) is 0 Å². The van der Waals surface area contributed by atoms with Crippen LogP contribution >= 0.6 is 11.6 Å². The number of ether oxygens (including phenoxy) is 2. The fourth-order valence-corrected chi connectivity index (χ4v) is 3.84. The van der Waals surface area contributed by atoms with Crippen LogP contribution in [0.25, 0.3) is 11.0 Å². The number of aliphatic hydroxyl groups excluding tert-OH is 1. The van der Waals surface area contributed by atoms with Gasteiger partial charge in [0, 0.05) is 24.2 Å². The van der Waals surface area contributed by atoms with Crippen LogP contribution in [0.5, 0.6) is 0 Å². The van der Waals surface area contributed by atoms with Crippen LogP contribution in [-0.4, -0.2) is 40.6 Å². The standard InChI is InChI=1S/C22H25ClN2O3/c23-18-7-5-16(6-8-18)14-28-15-19(26)13-25-21-4-2-1-3-20(21)24-22(25)17-9-11-27-12-10-17/h1-8,17,19,26H,9-15H2. The number of aliphatic hydroxyl groups is 1. The van der Waals surface area contributed by atoms with Gasteiger partial charge < -0.3 is 19.1 Å². The SMILES string of the molecule is OC(COCc1ccc(Cl)cc1)Cn1c(C2CCOCC2)nc2ccccc21. The molecule has 0 amide bonds. The first-order valence-corrected chi connectivity index (χ1v) is 10.1. The Labute approximate surface area is 169 Å². The van der Waals surface area contributed by atoms with Crippen LogP contribution in [-0.2, 0) is 22.6 Å². The number of hydrogen-bond acceptors (Lipinski definition) is 4. The maximum Gasteiger partial charge on any atom is 0.113 e. The van der Waals surface area contributed by atoms with Crippen molar-refractivity contribution in [1.82, 2.24) is 9.55 Å². The number of halogens is 1. The molecular weight excluding hydrogens is 376 g/mol. The van der Waals surface area contributed by atoms with Crippen LogP contribution < -0.4 is 0 Å².